The van der Waals surface area contributed by atoms with E-state index >= 15 is 0 Å². The van der Waals surface area contributed by atoms with Crippen LogP contribution in [0.1, 0.15) is 30.1 Å². The number of hydrogen-bond donors (Lipinski definition) is 4. The van der Waals surface area contributed by atoms with Gasteiger partial charge in [-0.15, -0.1) is 0 Å². The first-order valence-corrected chi connectivity index (χ1v) is 6.72. The van der Waals surface area contributed by atoms with Crippen molar-refractivity contribution in [3.05, 3.63) is 22.7 Å². The van der Waals surface area contributed by atoms with Gasteiger partial charge in [0.15, 0.2) is 0 Å². The molecular formula is C13H17ClN4O2. The minimum Gasteiger partial charge on any atom is -0.399 e. The minimum atomic E-state index is -0.656. The Morgan fingerprint density at radius 2 is 2.05 bits per heavy atom. The third-order valence-corrected chi connectivity index (χ3v) is 3.35. The van der Waals surface area contributed by atoms with E-state index in [4.69, 9.17) is 23.1 Å². The number of anilines is 2. The minimum absolute atomic E-state index is 0.143. The van der Waals surface area contributed by atoms with Crippen molar-refractivity contribution in [2.24, 2.45) is 5.73 Å². The van der Waals surface area contributed by atoms with E-state index < -0.39 is 11.9 Å². The molecule has 2 rings (SSSR count). The number of nitrogens with one attached hydrogen (secondary N) is 2. The first kappa shape index (κ1) is 14.5. The second-order valence-corrected chi connectivity index (χ2v) is 5.35. The second-order valence-electron chi connectivity index (χ2n) is 4.94. The lowest BCUT2D eigenvalue weighted by Gasteiger charge is -2.18. The Balaban J connectivity index is 2.18. The van der Waals surface area contributed by atoms with Crippen molar-refractivity contribution in [1.29, 1.82) is 0 Å². The quantitative estimate of drug-likeness (QED) is 0.610. The zero-order valence-corrected chi connectivity index (χ0v) is 11.8. The molecule has 2 amide bonds. The summed E-state index contributed by atoms with van der Waals surface area (Å²) in [6.45, 7) is 1.69. The molecule has 1 unspecified atom stereocenters. The SMILES string of the molecule is CC(Nc1c(Cl)cc(N)cc1C(N)=O)C(=O)NC1CC1. The Hall–Kier alpha value is -1.95. The Kier molecular flexibility index (Phi) is 4.04. The van der Waals surface area contributed by atoms with Gasteiger partial charge in [-0.25, -0.2) is 0 Å². The fourth-order valence-corrected chi connectivity index (χ4v) is 2.09. The van der Waals surface area contributed by atoms with Crippen LogP contribution in [-0.2, 0) is 4.79 Å². The molecule has 0 heterocycles. The molecule has 6 N–H and O–H groups in total. The van der Waals surface area contributed by atoms with Crippen molar-refractivity contribution in [2.45, 2.75) is 31.8 Å². The smallest absolute Gasteiger partial charge is 0.250 e. The summed E-state index contributed by atoms with van der Waals surface area (Å²) in [6.07, 6.45) is 2.02. The molecule has 0 aliphatic heterocycles. The summed E-state index contributed by atoms with van der Waals surface area (Å²) < 4.78 is 0. The van der Waals surface area contributed by atoms with E-state index in [0.29, 0.717) is 11.4 Å². The molecule has 0 saturated heterocycles. The van der Waals surface area contributed by atoms with Crippen LogP contribution in [0.5, 0.6) is 0 Å². The average Bonchev–Trinajstić information content (AvgIpc) is 3.15. The van der Waals surface area contributed by atoms with Gasteiger partial charge < -0.3 is 22.1 Å². The van der Waals surface area contributed by atoms with Crippen molar-refractivity contribution < 1.29 is 9.59 Å². The van der Waals surface area contributed by atoms with Crippen molar-refractivity contribution in [3.63, 3.8) is 0 Å². The van der Waals surface area contributed by atoms with E-state index in [1.54, 1.807) is 6.92 Å². The first-order valence-electron chi connectivity index (χ1n) is 6.34. The van der Waals surface area contributed by atoms with Gasteiger partial charge in [-0.2, -0.15) is 0 Å². The van der Waals surface area contributed by atoms with Crippen molar-refractivity contribution in [1.82, 2.24) is 5.32 Å². The predicted octanol–water partition coefficient (Wildman–Crippen LogP) is 1.10. The fourth-order valence-electron chi connectivity index (χ4n) is 1.80. The number of carbonyl (C=O) groups excluding carboxylic acids is 2. The Labute approximate surface area is 121 Å². The van der Waals surface area contributed by atoms with Gasteiger partial charge in [-0.1, -0.05) is 11.6 Å². The van der Waals surface area contributed by atoms with E-state index in [0.717, 1.165) is 12.8 Å². The third-order valence-electron chi connectivity index (χ3n) is 3.06. The molecule has 1 aromatic carbocycles. The maximum atomic E-state index is 11.9. The highest BCUT2D eigenvalue weighted by Gasteiger charge is 2.26. The molecule has 1 atom stereocenters. The van der Waals surface area contributed by atoms with Crippen LogP contribution in [0.3, 0.4) is 0 Å². The van der Waals surface area contributed by atoms with Crippen LogP contribution in [0.2, 0.25) is 5.02 Å². The van der Waals surface area contributed by atoms with Crippen LogP contribution in [-0.4, -0.2) is 23.9 Å². The van der Waals surface area contributed by atoms with Crippen LogP contribution >= 0.6 is 11.6 Å². The number of rotatable bonds is 5. The number of benzene rings is 1. The van der Waals surface area contributed by atoms with Crippen LogP contribution in [0, 0.1) is 0 Å². The maximum absolute atomic E-state index is 11.9. The number of amides is 2. The molecule has 0 bridgehead atoms. The van der Waals surface area contributed by atoms with Gasteiger partial charge in [-0.05, 0) is 31.9 Å². The monoisotopic (exact) mass is 296 g/mol. The molecule has 20 heavy (non-hydrogen) atoms. The van der Waals surface area contributed by atoms with Crippen LogP contribution in [0.15, 0.2) is 12.1 Å². The van der Waals surface area contributed by atoms with Gasteiger partial charge in [0.25, 0.3) is 5.91 Å². The lowest BCUT2D eigenvalue weighted by atomic mass is 10.1. The molecule has 1 aliphatic carbocycles. The summed E-state index contributed by atoms with van der Waals surface area (Å²) >= 11 is 6.06. The lowest BCUT2D eigenvalue weighted by molar-refractivity contribution is -0.121. The molecule has 0 aromatic heterocycles. The number of carbonyl (C=O) groups is 2. The van der Waals surface area contributed by atoms with Gasteiger partial charge in [0, 0.05) is 11.7 Å². The van der Waals surface area contributed by atoms with Crippen LogP contribution in [0.25, 0.3) is 0 Å². The topological polar surface area (TPSA) is 110 Å². The number of nitrogen functional groups attached to an aromatic ring is 1. The van der Waals surface area contributed by atoms with Gasteiger partial charge in [0.2, 0.25) is 5.91 Å². The molecule has 1 aromatic rings. The van der Waals surface area contributed by atoms with Crippen LogP contribution in [0.4, 0.5) is 11.4 Å². The standard InChI is InChI=1S/C13H17ClN4O2/c1-6(13(20)18-8-2-3-8)17-11-9(12(16)19)4-7(15)5-10(11)14/h4-6,8,17H,2-3,15H2,1H3,(H2,16,19)(H,18,20). The zero-order valence-electron chi connectivity index (χ0n) is 11.1. The molecule has 0 radical (unpaired) electrons. The summed E-state index contributed by atoms with van der Waals surface area (Å²) in [6, 6.07) is 2.67. The fraction of sp³-hybridized carbons (Fsp3) is 0.385. The van der Waals surface area contributed by atoms with E-state index in [1.165, 1.54) is 12.1 Å². The molecule has 7 heteroatoms. The average molecular weight is 297 g/mol. The van der Waals surface area contributed by atoms with Gasteiger partial charge in [-0.3, -0.25) is 9.59 Å². The van der Waals surface area contributed by atoms with Gasteiger partial charge >= 0.3 is 0 Å². The molecule has 6 nitrogen and oxygen atoms in total. The molecule has 108 valence electrons. The van der Waals surface area contributed by atoms with E-state index in [1.807, 2.05) is 0 Å². The Morgan fingerprint density at radius 1 is 1.40 bits per heavy atom. The number of halogens is 1. The van der Waals surface area contributed by atoms with Crippen LogP contribution < -0.4 is 22.1 Å². The van der Waals surface area contributed by atoms with Crippen molar-refractivity contribution >= 4 is 34.8 Å². The third kappa shape index (κ3) is 3.33. The number of hydrogen-bond acceptors (Lipinski definition) is 4. The number of primary amides is 1. The van der Waals surface area contributed by atoms with Crippen molar-refractivity contribution in [3.8, 4) is 0 Å². The second kappa shape index (κ2) is 5.58. The highest BCUT2D eigenvalue weighted by molar-refractivity contribution is 6.34. The van der Waals surface area contributed by atoms with E-state index in [9.17, 15) is 9.59 Å². The normalized spacial score (nSPS) is 15.5. The summed E-state index contributed by atoms with van der Waals surface area (Å²) in [5.41, 5.74) is 11.8. The summed E-state index contributed by atoms with van der Waals surface area (Å²) in [5.74, 6) is -0.799. The first-order chi connectivity index (χ1) is 9.38. The largest absolute Gasteiger partial charge is 0.399 e. The van der Waals surface area contributed by atoms with E-state index in [2.05, 4.69) is 10.6 Å². The molecule has 0 spiro atoms. The Bertz CT molecular complexity index is 558. The molecular weight excluding hydrogens is 280 g/mol. The lowest BCUT2D eigenvalue weighted by Crippen LogP contribution is -2.39. The summed E-state index contributed by atoms with van der Waals surface area (Å²) in [5, 5.41) is 6.04. The molecule has 1 fully saturated rings. The van der Waals surface area contributed by atoms with Crippen molar-refractivity contribution in [2.75, 3.05) is 11.1 Å². The van der Waals surface area contributed by atoms with Gasteiger partial charge in [0.1, 0.15) is 6.04 Å². The molecule has 1 saturated carbocycles. The Morgan fingerprint density at radius 3 is 2.60 bits per heavy atom. The predicted molar refractivity (Wildman–Crippen MR) is 78.6 cm³/mol. The summed E-state index contributed by atoms with van der Waals surface area (Å²) in [7, 11) is 0. The van der Waals surface area contributed by atoms with Gasteiger partial charge in [0.05, 0.1) is 16.3 Å². The molecule has 1 aliphatic rings. The van der Waals surface area contributed by atoms with E-state index in [-0.39, 0.29) is 22.5 Å². The number of nitrogens with two attached hydrogens (primary N) is 2. The highest BCUT2D eigenvalue weighted by Crippen LogP contribution is 2.29. The highest BCUT2D eigenvalue weighted by atomic mass is 35.5. The maximum Gasteiger partial charge on any atom is 0.250 e. The zero-order chi connectivity index (χ0) is 14.9. The summed E-state index contributed by atoms with van der Waals surface area (Å²) in [4.78, 5) is 23.3.